The lowest BCUT2D eigenvalue weighted by atomic mass is 10.0. The van der Waals surface area contributed by atoms with Crippen molar-refractivity contribution in [1.82, 2.24) is 4.90 Å². The van der Waals surface area contributed by atoms with Crippen LogP contribution >= 0.6 is 0 Å². The zero-order chi connectivity index (χ0) is 13.7. The first-order chi connectivity index (χ1) is 8.47. The van der Waals surface area contributed by atoms with Gasteiger partial charge in [0.25, 0.3) is 0 Å². The first-order valence-electron chi connectivity index (χ1n) is 6.06. The minimum Gasteiger partial charge on any atom is -0.478 e. The largest absolute Gasteiger partial charge is 0.478 e. The van der Waals surface area contributed by atoms with Crippen LogP contribution in [0.4, 0.5) is 11.4 Å². The van der Waals surface area contributed by atoms with Crippen LogP contribution in [-0.2, 0) is 6.42 Å². The van der Waals surface area contributed by atoms with Crippen molar-refractivity contribution in [1.29, 1.82) is 0 Å². The number of aromatic carboxylic acids is 1. The molecule has 18 heavy (non-hydrogen) atoms. The van der Waals surface area contributed by atoms with E-state index in [1.54, 1.807) is 6.07 Å². The van der Waals surface area contributed by atoms with Crippen LogP contribution in [0.15, 0.2) is 12.1 Å². The molecule has 0 fully saturated rings. The number of anilines is 2. The Morgan fingerprint density at radius 1 is 1.28 bits per heavy atom. The Morgan fingerprint density at radius 3 is 2.50 bits per heavy atom. The van der Waals surface area contributed by atoms with Crippen LogP contribution in [0, 0.1) is 0 Å². The molecule has 5 nitrogen and oxygen atoms in total. The van der Waals surface area contributed by atoms with Crippen molar-refractivity contribution < 1.29 is 9.90 Å². The Morgan fingerprint density at radius 2 is 1.94 bits per heavy atom. The highest BCUT2D eigenvalue weighted by Crippen LogP contribution is 2.25. The third-order valence-corrected chi connectivity index (χ3v) is 2.98. The summed E-state index contributed by atoms with van der Waals surface area (Å²) in [5, 5.41) is 8.93. The lowest BCUT2D eigenvalue weighted by Crippen LogP contribution is -2.22. The molecule has 1 aromatic rings. The molecule has 0 saturated heterocycles. The summed E-state index contributed by atoms with van der Waals surface area (Å²) in [6.07, 6.45) is 1.87. The fourth-order valence-corrected chi connectivity index (χ4v) is 1.89. The van der Waals surface area contributed by atoms with E-state index in [1.165, 1.54) is 6.07 Å². The molecule has 1 aromatic carbocycles. The number of carboxylic acids is 1. The molecule has 0 atom stereocenters. The summed E-state index contributed by atoms with van der Waals surface area (Å²) in [7, 11) is 2.05. The van der Waals surface area contributed by atoms with Crippen molar-refractivity contribution in [2.24, 2.45) is 0 Å². The summed E-state index contributed by atoms with van der Waals surface area (Å²) in [5.41, 5.74) is 13.1. The molecule has 5 heteroatoms. The summed E-state index contributed by atoms with van der Waals surface area (Å²) in [5.74, 6) is -1.05. The maximum Gasteiger partial charge on any atom is 0.337 e. The van der Waals surface area contributed by atoms with Crippen LogP contribution in [0.5, 0.6) is 0 Å². The minimum atomic E-state index is -1.05. The third-order valence-electron chi connectivity index (χ3n) is 2.98. The van der Waals surface area contributed by atoms with E-state index in [2.05, 4.69) is 18.9 Å². The van der Waals surface area contributed by atoms with Crippen molar-refractivity contribution in [2.45, 2.75) is 19.8 Å². The topological polar surface area (TPSA) is 92.6 Å². The number of carboxylic acid groups (broad SMARTS) is 1. The molecule has 0 radical (unpaired) electrons. The third kappa shape index (κ3) is 3.37. The second-order valence-electron chi connectivity index (χ2n) is 4.46. The highest BCUT2D eigenvalue weighted by molar-refractivity contribution is 5.97. The van der Waals surface area contributed by atoms with Crippen LogP contribution in [-0.4, -0.2) is 36.1 Å². The van der Waals surface area contributed by atoms with E-state index in [-0.39, 0.29) is 11.3 Å². The first kappa shape index (κ1) is 14.3. The number of likely N-dealkylation sites (N-methyl/N-ethyl adjacent to an activating group) is 1. The molecule has 0 aliphatic rings. The Bertz CT molecular complexity index is 432. The average Bonchev–Trinajstić information content (AvgIpc) is 2.31. The van der Waals surface area contributed by atoms with Gasteiger partial charge in [0.15, 0.2) is 0 Å². The monoisotopic (exact) mass is 251 g/mol. The van der Waals surface area contributed by atoms with Crippen molar-refractivity contribution in [3.8, 4) is 0 Å². The maximum atomic E-state index is 10.9. The lowest BCUT2D eigenvalue weighted by Gasteiger charge is -2.17. The number of hydrogen-bond acceptors (Lipinski definition) is 4. The Balaban J connectivity index is 2.79. The maximum absolute atomic E-state index is 10.9. The van der Waals surface area contributed by atoms with Crippen LogP contribution in [0.2, 0.25) is 0 Å². The van der Waals surface area contributed by atoms with Crippen LogP contribution in [0.3, 0.4) is 0 Å². The SMILES string of the molecule is CCCN(C)CCc1ccc(C(=O)O)c(N)c1N. The van der Waals surface area contributed by atoms with Gasteiger partial charge in [0.1, 0.15) is 0 Å². The molecule has 0 bridgehead atoms. The highest BCUT2D eigenvalue weighted by Gasteiger charge is 2.13. The van der Waals surface area contributed by atoms with Crippen LogP contribution in [0.1, 0.15) is 29.3 Å². The number of nitrogens with zero attached hydrogens (tertiary/aromatic N) is 1. The van der Waals surface area contributed by atoms with Crippen molar-refractivity contribution in [2.75, 3.05) is 31.6 Å². The van der Waals surface area contributed by atoms with E-state index < -0.39 is 5.97 Å². The normalized spacial score (nSPS) is 10.8. The van der Waals surface area contributed by atoms with E-state index in [4.69, 9.17) is 16.6 Å². The summed E-state index contributed by atoms with van der Waals surface area (Å²) in [6, 6.07) is 3.26. The van der Waals surface area contributed by atoms with Gasteiger partial charge in [-0.15, -0.1) is 0 Å². The molecule has 0 aliphatic heterocycles. The van der Waals surface area contributed by atoms with Gasteiger partial charge in [-0.05, 0) is 38.1 Å². The minimum absolute atomic E-state index is 0.0677. The smallest absolute Gasteiger partial charge is 0.337 e. The average molecular weight is 251 g/mol. The molecule has 0 unspecified atom stereocenters. The number of nitrogens with two attached hydrogens (primary N) is 2. The summed E-state index contributed by atoms with van der Waals surface area (Å²) < 4.78 is 0. The van der Waals surface area contributed by atoms with Crippen molar-refractivity contribution in [3.63, 3.8) is 0 Å². The van der Waals surface area contributed by atoms with E-state index in [0.29, 0.717) is 5.69 Å². The molecular formula is C13H21N3O2. The van der Waals surface area contributed by atoms with Gasteiger partial charge in [0.2, 0.25) is 0 Å². The van der Waals surface area contributed by atoms with Crippen molar-refractivity contribution >= 4 is 17.3 Å². The zero-order valence-electron chi connectivity index (χ0n) is 10.9. The predicted molar refractivity (Wildman–Crippen MR) is 73.7 cm³/mol. The number of benzene rings is 1. The Kier molecular flexibility index (Phi) is 4.97. The van der Waals surface area contributed by atoms with Gasteiger partial charge in [0, 0.05) is 6.54 Å². The quantitative estimate of drug-likeness (QED) is 0.665. The molecule has 1 rings (SSSR count). The van der Waals surface area contributed by atoms with Crippen LogP contribution < -0.4 is 11.5 Å². The van der Waals surface area contributed by atoms with E-state index in [0.717, 1.165) is 31.5 Å². The van der Waals surface area contributed by atoms with E-state index >= 15 is 0 Å². The van der Waals surface area contributed by atoms with Crippen molar-refractivity contribution in [3.05, 3.63) is 23.3 Å². The molecule has 0 amide bonds. The highest BCUT2D eigenvalue weighted by atomic mass is 16.4. The van der Waals surface area contributed by atoms with E-state index in [9.17, 15) is 4.79 Å². The number of hydrogen-bond donors (Lipinski definition) is 3. The van der Waals surface area contributed by atoms with Gasteiger partial charge in [-0.1, -0.05) is 13.0 Å². The molecule has 100 valence electrons. The summed E-state index contributed by atoms with van der Waals surface area (Å²) in [6.45, 7) is 4.04. The molecule has 0 aromatic heterocycles. The molecule has 0 heterocycles. The fraction of sp³-hybridized carbons (Fsp3) is 0.462. The first-order valence-corrected chi connectivity index (χ1v) is 6.06. The van der Waals surface area contributed by atoms with Gasteiger partial charge in [0.05, 0.1) is 16.9 Å². The summed E-state index contributed by atoms with van der Waals surface area (Å²) >= 11 is 0. The second kappa shape index (κ2) is 6.26. The summed E-state index contributed by atoms with van der Waals surface area (Å²) in [4.78, 5) is 13.1. The molecule has 0 spiro atoms. The second-order valence-corrected chi connectivity index (χ2v) is 4.46. The zero-order valence-corrected chi connectivity index (χ0v) is 10.9. The molecule has 0 saturated carbocycles. The van der Waals surface area contributed by atoms with Gasteiger partial charge < -0.3 is 21.5 Å². The Hall–Kier alpha value is -1.75. The lowest BCUT2D eigenvalue weighted by molar-refractivity contribution is 0.0698. The molecule has 5 N–H and O–H groups in total. The molecule has 0 aliphatic carbocycles. The van der Waals surface area contributed by atoms with Crippen LogP contribution in [0.25, 0.3) is 0 Å². The number of nitrogen functional groups attached to an aromatic ring is 2. The van der Waals surface area contributed by atoms with E-state index in [1.807, 2.05) is 0 Å². The van der Waals surface area contributed by atoms with Gasteiger partial charge in [-0.25, -0.2) is 4.79 Å². The predicted octanol–water partition coefficient (Wildman–Crippen LogP) is 1.43. The van der Waals surface area contributed by atoms with Gasteiger partial charge in [-0.2, -0.15) is 0 Å². The standard InChI is InChI=1S/C13H21N3O2/c1-3-7-16(2)8-6-9-4-5-10(13(17)18)12(15)11(9)14/h4-5H,3,6-8,14-15H2,1-2H3,(H,17,18). The number of rotatable bonds is 6. The molecular weight excluding hydrogens is 230 g/mol. The number of carbonyl (C=O) groups is 1. The van der Waals surface area contributed by atoms with Gasteiger partial charge in [-0.3, -0.25) is 0 Å². The van der Waals surface area contributed by atoms with Gasteiger partial charge >= 0.3 is 5.97 Å². The fourth-order valence-electron chi connectivity index (χ4n) is 1.89. The Labute approximate surface area is 107 Å².